The Kier molecular flexibility index (Phi) is 7.87. The summed E-state index contributed by atoms with van der Waals surface area (Å²) in [5, 5.41) is 10.4. The average Bonchev–Trinajstić information content (AvgIpc) is 3.04. The van der Waals surface area contributed by atoms with Crippen molar-refractivity contribution in [2.45, 2.75) is 105 Å². The summed E-state index contributed by atoms with van der Waals surface area (Å²) in [6.45, 7) is 27.8. The molecule has 0 saturated carbocycles. The maximum atomic E-state index is 2.50. The highest BCUT2D eigenvalue weighted by Crippen LogP contribution is 2.49. The highest BCUT2D eigenvalue weighted by Gasteiger charge is 2.25. The Bertz CT molecular complexity index is 2270. The summed E-state index contributed by atoms with van der Waals surface area (Å²) < 4.78 is 0. The minimum atomic E-state index is 0.0137. The first kappa shape index (κ1) is 34.0. The third-order valence-electron chi connectivity index (χ3n) is 10.9. The van der Waals surface area contributed by atoms with Crippen LogP contribution in [0.4, 0.5) is 0 Å². The molecule has 0 aliphatic carbocycles. The zero-order valence-corrected chi connectivity index (χ0v) is 32.4. The Hall–Kier alpha value is -4.42. The van der Waals surface area contributed by atoms with Crippen LogP contribution in [0, 0.1) is 0 Å². The molecule has 0 aromatic heterocycles. The number of hydrogen-bond donors (Lipinski definition) is 0. The Morgan fingerprint density at radius 1 is 0.280 bits per heavy atom. The lowest BCUT2D eigenvalue weighted by Gasteiger charge is -2.26. The summed E-state index contributed by atoms with van der Waals surface area (Å²) >= 11 is 0. The predicted octanol–water partition coefficient (Wildman–Crippen LogP) is 14.8. The first-order chi connectivity index (χ1) is 23.3. The topological polar surface area (TPSA) is 0 Å². The van der Waals surface area contributed by atoms with Crippen molar-refractivity contribution in [3.63, 3.8) is 0 Å². The van der Waals surface area contributed by atoms with Crippen LogP contribution in [0.1, 0.15) is 105 Å². The quantitative estimate of drug-likeness (QED) is 0.163. The highest BCUT2D eigenvalue weighted by molar-refractivity contribution is 6.25. The van der Waals surface area contributed by atoms with Crippen LogP contribution in [-0.4, -0.2) is 0 Å². The number of fused-ring (bicyclic) bond motifs is 4. The molecule has 0 fully saturated rings. The van der Waals surface area contributed by atoms with Crippen molar-refractivity contribution in [1.82, 2.24) is 0 Å². The van der Waals surface area contributed by atoms with Crippen molar-refractivity contribution in [3.05, 3.63) is 131 Å². The van der Waals surface area contributed by atoms with E-state index in [-0.39, 0.29) is 21.7 Å². The molecule has 0 nitrogen and oxygen atoms in total. The lowest BCUT2D eigenvalue weighted by Crippen LogP contribution is -2.12. The molecule has 0 amide bonds. The van der Waals surface area contributed by atoms with Gasteiger partial charge in [-0.05, 0) is 121 Å². The normalized spacial score (nSPS) is 13.2. The van der Waals surface area contributed by atoms with Crippen LogP contribution in [0.2, 0.25) is 0 Å². The molecule has 0 spiro atoms. The number of benzene rings is 7. The van der Waals surface area contributed by atoms with Crippen molar-refractivity contribution in [2.75, 3.05) is 0 Å². The lowest BCUT2D eigenvalue weighted by atomic mass is 9.78. The van der Waals surface area contributed by atoms with Crippen molar-refractivity contribution >= 4 is 43.1 Å². The van der Waals surface area contributed by atoms with Crippen LogP contribution in [0.15, 0.2) is 109 Å². The van der Waals surface area contributed by atoms with E-state index in [0.717, 1.165) is 0 Å². The smallest absolute Gasteiger partial charge is 0.00200 e. The van der Waals surface area contributed by atoms with Crippen LogP contribution < -0.4 is 0 Å². The van der Waals surface area contributed by atoms with Gasteiger partial charge in [-0.25, -0.2) is 0 Å². The molecule has 0 aliphatic heterocycles. The van der Waals surface area contributed by atoms with Gasteiger partial charge in [-0.3, -0.25) is 0 Å². The van der Waals surface area contributed by atoms with E-state index in [1.54, 1.807) is 0 Å². The fraction of sp³-hybridized carbons (Fsp3) is 0.320. The van der Waals surface area contributed by atoms with Crippen molar-refractivity contribution in [1.29, 1.82) is 0 Å². The summed E-state index contributed by atoms with van der Waals surface area (Å²) in [6.07, 6.45) is 0. The van der Waals surface area contributed by atoms with Gasteiger partial charge in [0, 0.05) is 0 Å². The van der Waals surface area contributed by atoms with Crippen molar-refractivity contribution in [2.24, 2.45) is 0 Å². The molecular formula is C50H54. The molecule has 0 atom stereocenters. The first-order valence-corrected chi connectivity index (χ1v) is 18.4. The molecule has 7 rings (SSSR count). The SMILES string of the molecule is CC(C)(C)c1ccc2c(-c3c4ccc(C(C)(C)C)cc4c(-c4cccc5cc(C(C)(C)C)ccc45)c4ccc(C(C)(C)C)cc34)cccc2c1. The van der Waals surface area contributed by atoms with Gasteiger partial charge in [0.2, 0.25) is 0 Å². The lowest BCUT2D eigenvalue weighted by molar-refractivity contribution is 0.590. The van der Waals surface area contributed by atoms with Gasteiger partial charge in [0.1, 0.15) is 0 Å². The second-order valence-electron chi connectivity index (χ2n) is 18.8. The van der Waals surface area contributed by atoms with E-state index >= 15 is 0 Å². The van der Waals surface area contributed by atoms with Gasteiger partial charge in [-0.2, -0.15) is 0 Å². The summed E-state index contributed by atoms with van der Waals surface area (Å²) in [5.41, 5.74) is 10.9. The van der Waals surface area contributed by atoms with Crippen molar-refractivity contribution < 1.29 is 0 Å². The van der Waals surface area contributed by atoms with Gasteiger partial charge >= 0.3 is 0 Å². The molecule has 7 aromatic rings. The third kappa shape index (κ3) is 5.91. The molecule has 50 heavy (non-hydrogen) atoms. The van der Waals surface area contributed by atoms with Crippen LogP contribution in [-0.2, 0) is 21.7 Å². The van der Waals surface area contributed by atoms with Gasteiger partial charge in [0.25, 0.3) is 0 Å². The molecule has 0 unspecified atom stereocenters. The van der Waals surface area contributed by atoms with Crippen LogP contribution >= 0.6 is 0 Å². The maximum absolute atomic E-state index is 2.50. The van der Waals surface area contributed by atoms with Gasteiger partial charge in [0.05, 0.1) is 0 Å². The third-order valence-corrected chi connectivity index (χ3v) is 10.9. The fourth-order valence-electron chi connectivity index (χ4n) is 7.68. The minimum Gasteiger partial charge on any atom is -0.0610 e. The summed E-state index contributed by atoms with van der Waals surface area (Å²) in [7, 11) is 0. The zero-order valence-electron chi connectivity index (χ0n) is 32.4. The van der Waals surface area contributed by atoms with E-state index in [9.17, 15) is 0 Å². The minimum absolute atomic E-state index is 0.0137. The van der Waals surface area contributed by atoms with Gasteiger partial charge in [0.15, 0.2) is 0 Å². The molecule has 0 radical (unpaired) electrons. The first-order valence-electron chi connectivity index (χ1n) is 18.4. The van der Waals surface area contributed by atoms with E-state index in [1.165, 1.54) is 87.6 Å². The fourth-order valence-corrected chi connectivity index (χ4v) is 7.68. The number of rotatable bonds is 2. The zero-order chi connectivity index (χ0) is 36.0. The maximum Gasteiger partial charge on any atom is -0.00200 e. The Morgan fingerprint density at radius 3 is 0.900 bits per heavy atom. The van der Waals surface area contributed by atoms with E-state index < -0.39 is 0 Å². The van der Waals surface area contributed by atoms with Crippen molar-refractivity contribution in [3.8, 4) is 22.3 Å². The summed E-state index contributed by atoms with van der Waals surface area (Å²) in [6, 6.07) is 42.6. The van der Waals surface area contributed by atoms with Gasteiger partial charge in [-0.1, -0.05) is 180 Å². The molecule has 0 N–H and O–H groups in total. The molecular weight excluding hydrogens is 601 g/mol. The highest BCUT2D eigenvalue weighted by atomic mass is 14.3. The van der Waals surface area contributed by atoms with Gasteiger partial charge < -0.3 is 0 Å². The monoisotopic (exact) mass is 654 g/mol. The Morgan fingerprint density at radius 2 is 0.580 bits per heavy atom. The second kappa shape index (κ2) is 11.6. The summed E-state index contributed by atoms with van der Waals surface area (Å²) in [4.78, 5) is 0. The second-order valence-corrected chi connectivity index (χ2v) is 18.8. The summed E-state index contributed by atoms with van der Waals surface area (Å²) in [5.74, 6) is 0. The van der Waals surface area contributed by atoms with Crippen LogP contribution in [0.5, 0.6) is 0 Å². The van der Waals surface area contributed by atoms with Gasteiger partial charge in [-0.15, -0.1) is 0 Å². The van der Waals surface area contributed by atoms with E-state index in [0.29, 0.717) is 0 Å². The molecule has 0 heterocycles. The number of hydrogen-bond acceptors (Lipinski definition) is 0. The van der Waals surface area contributed by atoms with E-state index in [2.05, 4.69) is 192 Å². The molecule has 0 heteroatoms. The predicted molar refractivity (Wildman–Crippen MR) is 222 cm³/mol. The van der Waals surface area contributed by atoms with Crippen LogP contribution in [0.3, 0.4) is 0 Å². The average molecular weight is 655 g/mol. The van der Waals surface area contributed by atoms with E-state index in [4.69, 9.17) is 0 Å². The molecule has 0 bridgehead atoms. The molecule has 254 valence electrons. The Labute approximate surface area is 300 Å². The van der Waals surface area contributed by atoms with Crippen LogP contribution in [0.25, 0.3) is 65.3 Å². The largest absolute Gasteiger partial charge is 0.0610 e. The Balaban J connectivity index is 1.68. The molecule has 0 saturated heterocycles. The molecule has 7 aromatic carbocycles. The van der Waals surface area contributed by atoms with E-state index in [1.807, 2.05) is 0 Å². The standard InChI is InChI=1S/C50H54/c1-47(2,3)33-19-23-37-31(27-33)15-13-17-39(37)45-41-25-21-36(50(10,11)12)30-44(41)46(42-26-22-35(29-43(42)45)49(7,8)9)40-18-14-16-32-28-34(48(4,5)6)20-24-38(32)40/h13-30H,1-12H3. The molecule has 0 aliphatic rings.